The Morgan fingerprint density at radius 3 is 2.50 bits per heavy atom. The van der Waals surface area contributed by atoms with Gasteiger partial charge in [0.25, 0.3) is 0 Å². The van der Waals surface area contributed by atoms with Gasteiger partial charge in [-0.15, -0.1) is 11.3 Å². The second-order valence-electron chi connectivity index (χ2n) is 6.29. The van der Waals surface area contributed by atoms with E-state index in [1.165, 1.54) is 35.4 Å². The molecule has 0 aliphatic carbocycles. The molecule has 1 heterocycles. The summed E-state index contributed by atoms with van der Waals surface area (Å²) in [4.78, 5) is 2.94. The van der Waals surface area contributed by atoms with E-state index in [1.54, 1.807) is 0 Å². The zero-order valence-electron chi connectivity index (χ0n) is 12.7. The van der Waals surface area contributed by atoms with Gasteiger partial charge < -0.3 is 5.32 Å². The first kappa shape index (κ1) is 15.7. The van der Waals surface area contributed by atoms with E-state index in [0.717, 1.165) is 6.54 Å². The minimum absolute atomic E-state index is 0.287. The average molecular weight is 267 g/mol. The number of rotatable bonds is 7. The molecule has 1 rings (SSSR count). The predicted octanol–water partition coefficient (Wildman–Crippen LogP) is 5.10. The molecule has 0 bridgehead atoms. The van der Waals surface area contributed by atoms with Crippen molar-refractivity contribution in [2.45, 2.75) is 78.3 Å². The van der Waals surface area contributed by atoms with Gasteiger partial charge in [-0.2, -0.15) is 0 Å². The SMILES string of the molecule is CCCCCC(C)NCc1ccc(C(C)(C)C)s1. The van der Waals surface area contributed by atoms with E-state index < -0.39 is 0 Å². The van der Waals surface area contributed by atoms with Crippen LogP contribution in [0.15, 0.2) is 12.1 Å². The molecule has 0 aliphatic heterocycles. The Morgan fingerprint density at radius 1 is 1.22 bits per heavy atom. The van der Waals surface area contributed by atoms with Crippen LogP contribution in [0.3, 0.4) is 0 Å². The summed E-state index contributed by atoms with van der Waals surface area (Å²) >= 11 is 1.95. The third-order valence-corrected chi connectivity index (χ3v) is 4.78. The van der Waals surface area contributed by atoms with Gasteiger partial charge in [0, 0.05) is 22.3 Å². The third kappa shape index (κ3) is 5.53. The van der Waals surface area contributed by atoms with Crippen molar-refractivity contribution in [3.63, 3.8) is 0 Å². The van der Waals surface area contributed by atoms with Gasteiger partial charge in [-0.25, -0.2) is 0 Å². The van der Waals surface area contributed by atoms with Gasteiger partial charge in [0.2, 0.25) is 0 Å². The molecule has 1 nitrogen and oxygen atoms in total. The van der Waals surface area contributed by atoms with E-state index in [9.17, 15) is 0 Å². The highest BCUT2D eigenvalue weighted by atomic mass is 32.1. The van der Waals surface area contributed by atoms with Gasteiger partial charge in [-0.05, 0) is 30.9 Å². The van der Waals surface area contributed by atoms with Crippen molar-refractivity contribution in [3.05, 3.63) is 21.9 Å². The molecule has 1 aromatic heterocycles. The summed E-state index contributed by atoms with van der Waals surface area (Å²) < 4.78 is 0. The van der Waals surface area contributed by atoms with Crippen molar-refractivity contribution < 1.29 is 0 Å². The number of thiophene rings is 1. The minimum Gasteiger partial charge on any atom is -0.309 e. The summed E-state index contributed by atoms with van der Waals surface area (Å²) in [6, 6.07) is 5.19. The van der Waals surface area contributed by atoms with Crippen molar-refractivity contribution in [2.24, 2.45) is 0 Å². The molecule has 104 valence electrons. The maximum Gasteiger partial charge on any atom is 0.0302 e. The van der Waals surface area contributed by atoms with Crippen LogP contribution < -0.4 is 5.32 Å². The van der Waals surface area contributed by atoms with Crippen LogP contribution in [0.2, 0.25) is 0 Å². The summed E-state index contributed by atoms with van der Waals surface area (Å²) in [5.41, 5.74) is 0.287. The molecule has 0 saturated carbocycles. The molecule has 0 fully saturated rings. The highest BCUT2D eigenvalue weighted by Gasteiger charge is 2.15. The molecule has 1 unspecified atom stereocenters. The maximum absolute atomic E-state index is 3.63. The first-order chi connectivity index (χ1) is 8.43. The van der Waals surface area contributed by atoms with E-state index in [1.807, 2.05) is 11.3 Å². The van der Waals surface area contributed by atoms with Gasteiger partial charge in [0.1, 0.15) is 0 Å². The first-order valence-corrected chi connectivity index (χ1v) is 8.07. The molecule has 0 spiro atoms. The monoisotopic (exact) mass is 267 g/mol. The summed E-state index contributed by atoms with van der Waals surface area (Å²) in [7, 11) is 0. The lowest BCUT2D eigenvalue weighted by Crippen LogP contribution is -2.24. The number of hydrogen-bond donors (Lipinski definition) is 1. The van der Waals surface area contributed by atoms with Crippen molar-refractivity contribution in [3.8, 4) is 0 Å². The molecule has 0 saturated heterocycles. The van der Waals surface area contributed by atoms with Gasteiger partial charge in [0.15, 0.2) is 0 Å². The molecule has 1 atom stereocenters. The van der Waals surface area contributed by atoms with Gasteiger partial charge in [0.05, 0.1) is 0 Å². The summed E-state index contributed by atoms with van der Waals surface area (Å²) in [6.07, 6.45) is 5.32. The Bertz CT molecular complexity index is 335. The minimum atomic E-state index is 0.287. The predicted molar refractivity (Wildman–Crippen MR) is 83.5 cm³/mol. The van der Waals surface area contributed by atoms with Crippen molar-refractivity contribution in [1.29, 1.82) is 0 Å². The first-order valence-electron chi connectivity index (χ1n) is 7.26. The fourth-order valence-electron chi connectivity index (χ4n) is 1.95. The van der Waals surface area contributed by atoms with Crippen LogP contribution in [0.5, 0.6) is 0 Å². The van der Waals surface area contributed by atoms with Crippen LogP contribution in [0, 0.1) is 0 Å². The Morgan fingerprint density at radius 2 is 1.94 bits per heavy atom. The second kappa shape index (κ2) is 7.30. The van der Waals surface area contributed by atoms with Crippen LogP contribution >= 0.6 is 11.3 Å². The highest BCUT2D eigenvalue weighted by Crippen LogP contribution is 2.29. The quantitative estimate of drug-likeness (QED) is 0.677. The lowest BCUT2D eigenvalue weighted by Gasteiger charge is -2.15. The molecule has 0 amide bonds. The maximum atomic E-state index is 3.63. The molecular formula is C16H29NS. The molecule has 0 radical (unpaired) electrons. The van der Waals surface area contributed by atoms with Crippen molar-refractivity contribution in [2.75, 3.05) is 0 Å². The second-order valence-corrected chi connectivity index (χ2v) is 7.46. The number of unbranched alkanes of at least 4 members (excludes halogenated alkanes) is 2. The van der Waals surface area contributed by atoms with Crippen LogP contribution in [-0.4, -0.2) is 6.04 Å². The van der Waals surface area contributed by atoms with E-state index >= 15 is 0 Å². The zero-order chi connectivity index (χ0) is 13.6. The Kier molecular flexibility index (Phi) is 6.37. The molecule has 2 heteroatoms. The molecule has 1 aromatic rings. The number of nitrogens with one attached hydrogen (secondary N) is 1. The zero-order valence-corrected chi connectivity index (χ0v) is 13.5. The Balaban J connectivity index is 2.33. The molecular weight excluding hydrogens is 238 g/mol. The lowest BCUT2D eigenvalue weighted by molar-refractivity contribution is 0.489. The van der Waals surface area contributed by atoms with Crippen LogP contribution in [0.4, 0.5) is 0 Å². The van der Waals surface area contributed by atoms with Gasteiger partial charge in [-0.3, -0.25) is 0 Å². The Hall–Kier alpha value is -0.340. The van der Waals surface area contributed by atoms with E-state index in [4.69, 9.17) is 0 Å². The van der Waals surface area contributed by atoms with Crippen molar-refractivity contribution in [1.82, 2.24) is 5.32 Å². The Labute approximate surface area is 117 Å². The summed E-state index contributed by atoms with van der Waals surface area (Å²) in [6.45, 7) is 12.4. The largest absolute Gasteiger partial charge is 0.309 e. The van der Waals surface area contributed by atoms with Crippen LogP contribution in [0.25, 0.3) is 0 Å². The van der Waals surface area contributed by atoms with Crippen LogP contribution in [-0.2, 0) is 12.0 Å². The fraction of sp³-hybridized carbons (Fsp3) is 0.750. The molecule has 0 aliphatic rings. The van der Waals surface area contributed by atoms with Crippen molar-refractivity contribution >= 4 is 11.3 Å². The third-order valence-electron chi connectivity index (χ3n) is 3.27. The van der Waals surface area contributed by atoms with E-state index in [2.05, 4.69) is 52.1 Å². The molecule has 1 N–H and O–H groups in total. The summed E-state index contributed by atoms with van der Waals surface area (Å²) in [5, 5.41) is 3.63. The highest BCUT2D eigenvalue weighted by molar-refractivity contribution is 7.12. The van der Waals surface area contributed by atoms with Crippen LogP contribution in [0.1, 0.15) is 70.1 Å². The smallest absolute Gasteiger partial charge is 0.0302 e. The molecule has 18 heavy (non-hydrogen) atoms. The standard InChI is InChI=1S/C16H29NS/c1-6-7-8-9-13(2)17-12-14-10-11-15(18-14)16(3,4)5/h10-11,13,17H,6-9,12H2,1-5H3. The summed E-state index contributed by atoms with van der Waals surface area (Å²) in [5.74, 6) is 0. The van der Waals surface area contributed by atoms with Gasteiger partial charge >= 0.3 is 0 Å². The lowest BCUT2D eigenvalue weighted by atomic mass is 9.95. The molecule has 0 aromatic carbocycles. The van der Waals surface area contributed by atoms with E-state index in [-0.39, 0.29) is 5.41 Å². The normalized spacial score (nSPS) is 13.8. The van der Waals surface area contributed by atoms with Gasteiger partial charge in [-0.1, -0.05) is 47.0 Å². The average Bonchev–Trinajstić information content (AvgIpc) is 2.75. The topological polar surface area (TPSA) is 12.0 Å². The number of hydrogen-bond acceptors (Lipinski definition) is 2. The van der Waals surface area contributed by atoms with E-state index in [0.29, 0.717) is 6.04 Å². The fourth-order valence-corrected chi connectivity index (χ4v) is 2.97.